The van der Waals surface area contributed by atoms with Gasteiger partial charge in [-0.05, 0) is 37.5 Å². The molecular formula is C21H24N2O3. The van der Waals surface area contributed by atoms with Crippen molar-refractivity contribution in [2.75, 3.05) is 13.1 Å². The van der Waals surface area contributed by atoms with Crippen molar-refractivity contribution in [2.45, 2.75) is 32.2 Å². The Kier molecular flexibility index (Phi) is 5.56. The topological polar surface area (TPSA) is 69.6 Å². The van der Waals surface area contributed by atoms with Crippen molar-refractivity contribution in [1.82, 2.24) is 10.2 Å². The molecule has 1 saturated heterocycles. The van der Waals surface area contributed by atoms with Gasteiger partial charge in [0, 0.05) is 19.5 Å². The maximum atomic E-state index is 12.4. The molecule has 1 unspecified atom stereocenters. The average molecular weight is 352 g/mol. The highest BCUT2D eigenvalue weighted by Crippen LogP contribution is 2.19. The Balaban J connectivity index is 1.51. The van der Waals surface area contributed by atoms with Crippen LogP contribution >= 0.6 is 0 Å². The number of likely N-dealkylation sites (tertiary alicyclic amines) is 1. The van der Waals surface area contributed by atoms with Crippen LogP contribution in [-0.4, -0.2) is 41.0 Å². The Morgan fingerprint density at radius 1 is 1.23 bits per heavy atom. The fourth-order valence-electron chi connectivity index (χ4n) is 3.30. The highest BCUT2D eigenvalue weighted by Gasteiger charge is 2.30. The molecule has 5 nitrogen and oxygen atoms in total. The number of nitrogens with one attached hydrogen (secondary N) is 1. The molecule has 3 rings (SSSR count). The second-order valence-corrected chi connectivity index (χ2v) is 6.82. The van der Waals surface area contributed by atoms with Gasteiger partial charge in [0.15, 0.2) is 0 Å². The molecule has 0 bridgehead atoms. The van der Waals surface area contributed by atoms with Gasteiger partial charge in [0.25, 0.3) is 5.91 Å². The van der Waals surface area contributed by atoms with Crippen molar-refractivity contribution < 1.29 is 14.7 Å². The number of aromatic hydroxyl groups is 1. The minimum atomic E-state index is -0.338. The molecular weight excluding hydrogens is 328 g/mol. The second-order valence-electron chi connectivity index (χ2n) is 6.82. The number of hydrogen-bond acceptors (Lipinski definition) is 3. The Bertz CT molecular complexity index is 789. The Hall–Kier alpha value is -2.82. The number of carbonyl (C=O) groups excluding carboxylic acids is 2. The first-order chi connectivity index (χ1) is 12.5. The zero-order valence-electron chi connectivity index (χ0n) is 14.9. The summed E-state index contributed by atoms with van der Waals surface area (Å²) in [5.41, 5.74) is 2.41. The summed E-state index contributed by atoms with van der Waals surface area (Å²) in [4.78, 5) is 26.4. The van der Waals surface area contributed by atoms with Gasteiger partial charge in [-0.3, -0.25) is 9.59 Å². The van der Waals surface area contributed by atoms with E-state index in [1.54, 1.807) is 12.1 Å². The van der Waals surface area contributed by atoms with Crippen molar-refractivity contribution in [3.63, 3.8) is 0 Å². The summed E-state index contributed by atoms with van der Waals surface area (Å²) >= 11 is 0. The summed E-state index contributed by atoms with van der Waals surface area (Å²) in [6.07, 6.45) is 2.14. The highest BCUT2D eigenvalue weighted by atomic mass is 16.3. The number of aryl methyl sites for hydroxylation is 2. The molecule has 1 fully saturated rings. The van der Waals surface area contributed by atoms with Gasteiger partial charge in [-0.15, -0.1) is 0 Å². The quantitative estimate of drug-likeness (QED) is 0.840. The van der Waals surface area contributed by atoms with E-state index in [9.17, 15) is 14.7 Å². The molecule has 1 aliphatic rings. The molecule has 0 saturated carbocycles. The zero-order chi connectivity index (χ0) is 18.5. The van der Waals surface area contributed by atoms with Gasteiger partial charge in [0.2, 0.25) is 5.91 Å². The number of benzene rings is 2. The van der Waals surface area contributed by atoms with E-state index >= 15 is 0 Å². The van der Waals surface area contributed by atoms with Crippen LogP contribution in [0, 0.1) is 6.92 Å². The first-order valence-electron chi connectivity index (χ1n) is 8.95. The van der Waals surface area contributed by atoms with Gasteiger partial charge in [-0.25, -0.2) is 0 Å². The molecule has 1 heterocycles. The summed E-state index contributed by atoms with van der Waals surface area (Å²) < 4.78 is 0. The van der Waals surface area contributed by atoms with Crippen LogP contribution in [0.4, 0.5) is 0 Å². The van der Waals surface area contributed by atoms with E-state index in [0.29, 0.717) is 19.5 Å². The third-order valence-electron chi connectivity index (χ3n) is 4.68. The lowest BCUT2D eigenvalue weighted by molar-refractivity contribution is -0.127. The monoisotopic (exact) mass is 352 g/mol. The van der Waals surface area contributed by atoms with Gasteiger partial charge in [-0.1, -0.05) is 42.0 Å². The van der Waals surface area contributed by atoms with Gasteiger partial charge in [0.05, 0.1) is 11.6 Å². The van der Waals surface area contributed by atoms with E-state index in [1.165, 1.54) is 11.6 Å². The van der Waals surface area contributed by atoms with E-state index < -0.39 is 0 Å². The number of phenolic OH excluding ortho intramolecular Hbond substituents is 1. The summed E-state index contributed by atoms with van der Waals surface area (Å²) in [5.74, 6) is -0.316. The lowest BCUT2D eigenvalue weighted by Crippen LogP contribution is -2.37. The largest absolute Gasteiger partial charge is 0.507 e. The molecule has 2 aromatic carbocycles. The number of rotatable bonds is 6. The zero-order valence-corrected chi connectivity index (χ0v) is 14.9. The SMILES string of the molecule is Cc1ccc(O)c(C(=O)NC2CC(=O)N(CCCc3ccccc3)C2)c1. The fraction of sp³-hybridized carbons (Fsp3) is 0.333. The van der Waals surface area contributed by atoms with E-state index in [1.807, 2.05) is 30.0 Å². The van der Waals surface area contributed by atoms with Crippen molar-refractivity contribution in [2.24, 2.45) is 0 Å². The van der Waals surface area contributed by atoms with Crippen LogP contribution in [0.25, 0.3) is 0 Å². The molecule has 0 aromatic heterocycles. The number of nitrogens with zero attached hydrogens (tertiary/aromatic N) is 1. The second kappa shape index (κ2) is 8.04. The average Bonchev–Trinajstić information content (AvgIpc) is 2.97. The van der Waals surface area contributed by atoms with Crippen LogP contribution < -0.4 is 5.32 Å². The maximum absolute atomic E-state index is 12.4. The number of carbonyl (C=O) groups is 2. The van der Waals surface area contributed by atoms with Gasteiger partial charge in [-0.2, -0.15) is 0 Å². The molecule has 0 radical (unpaired) electrons. The molecule has 26 heavy (non-hydrogen) atoms. The standard InChI is InChI=1S/C21H24N2O3/c1-15-9-10-19(24)18(12-15)21(26)22-17-13-20(25)23(14-17)11-5-8-16-6-3-2-4-7-16/h2-4,6-7,9-10,12,17,24H,5,8,11,13-14H2,1H3,(H,22,26). The fourth-order valence-corrected chi connectivity index (χ4v) is 3.30. The lowest BCUT2D eigenvalue weighted by Gasteiger charge is -2.17. The predicted octanol–water partition coefficient (Wildman–Crippen LogP) is 2.66. The minimum absolute atomic E-state index is 0.0443. The van der Waals surface area contributed by atoms with E-state index in [4.69, 9.17) is 0 Å². The molecule has 0 spiro atoms. The molecule has 2 N–H and O–H groups in total. The Labute approximate surface area is 153 Å². The Morgan fingerprint density at radius 3 is 2.77 bits per heavy atom. The third-order valence-corrected chi connectivity index (χ3v) is 4.68. The number of amides is 2. The summed E-state index contributed by atoms with van der Waals surface area (Å²) in [6.45, 7) is 3.07. The van der Waals surface area contributed by atoms with Crippen LogP contribution in [0.2, 0.25) is 0 Å². The molecule has 136 valence electrons. The van der Waals surface area contributed by atoms with Gasteiger partial charge >= 0.3 is 0 Å². The minimum Gasteiger partial charge on any atom is -0.507 e. The smallest absolute Gasteiger partial charge is 0.255 e. The molecule has 0 aliphatic carbocycles. The summed E-state index contributed by atoms with van der Waals surface area (Å²) in [5, 5.41) is 12.7. The molecule has 1 atom stereocenters. The molecule has 2 aromatic rings. The van der Waals surface area contributed by atoms with Crippen molar-refractivity contribution >= 4 is 11.8 Å². The number of hydrogen-bond donors (Lipinski definition) is 2. The summed E-state index contributed by atoms with van der Waals surface area (Å²) in [6, 6.07) is 14.9. The van der Waals surface area contributed by atoms with Crippen LogP contribution in [-0.2, 0) is 11.2 Å². The Morgan fingerprint density at radius 2 is 2.00 bits per heavy atom. The van der Waals surface area contributed by atoms with Crippen molar-refractivity contribution in [3.8, 4) is 5.75 Å². The number of phenols is 1. The van der Waals surface area contributed by atoms with E-state index in [0.717, 1.165) is 18.4 Å². The van der Waals surface area contributed by atoms with Crippen LogP contribution in [0.5, 0.6) is 5.75 Å². The van der Waals surface area contributed by atoms with Gasteiger partial charge < -0.3 is 15.3 Å². The van der Waals surface area contributed by atoms with Gasteiger partial charge in [0.1, 0.15) is 5.75 Å². The maximum Gasteiger partial charge on any atom is 0.255 e. The van der Waals surface area contributed by atoms with E-state index in [2.05, 4.69) is 17.4 Å². The van der Waals surface area contributed by atoms with Crippen molar-refractivity contribution in [3.05, 3.63) is 65.2 Å². The highest BCUT2D eigenvalue weighted by molar-refractivity contribution is 5.97. The first kappa shape index (κ1) is 18.0. The molecule has 5 heteroatoms. The molecule has 1 aliphatic heterocycles. The first-order valence-corrected chi connectivity index (χ1v) is 8.95. The third kappa shape index (κ3) is 4.42. The van der Waals surface area contributed by atoms with E-state index in [-0.39, 0.29) is 29.2 Å². The van der Waals surface area contributed by atoms with Crippen molar-refractivity contribution in [1.29, 1.82) is 0 Å². The normalized spacial score (nSPS) is 16.7. The summed E-state index contributed by atoms with van der Waals surface area (Å²) in [7, 11) is 0. The predicted molar refractivity (Wildman–Crippen MR) is 100 cm³/mol. The van der Waals surface area contributed by atoms with Crippen LogP contribution in [0.1, 0.15) is 34.3 Å². The molecule has 2 amide bonds. The van der Waals surface area contributed by atoms with Crippen LogP contribution in [0.3, 0.4) is 0 Å². The van der Waals surface area contributed by atoms with Crippen LogP contribution in [0.15, 0.2) is 48.5 Å². The lowest BCUT2D eigenvalue weighted by atomic mass is 10.1.